The van der Waals surface area contributed by atoms with Gasteiger partial charge in [-0.1, -0.05) is 53.4 Å². The molecule has 0 radical (unpaired) electrons. The molecule has 8 saturated carbocycles. The Labute approximate surface area is 418 Å². The number of aliphatic hydroxyl groups is 8. The smallest absolute Gasteiger partial charge is 0.0653 e. The quantitative estimate of drug-likeness (QED) is 0.138. The number of fused-ring (bicyclic) bond motifs is 4. The highest BCUT2D eigenvalue weighted by Gasteiger charge is 2.56. The lowest BCUT2D eigenvalue weighted by Gasteiger charge is -2.55. The Bertz CT molecular complexity index is 1400. The van der Waals surface area contributed by atoms with Crippen molar-refractivity contribution in [2.45, 2.75) is 310 Å². The molecule has 8 nitrogen and oxygen atoms in total. The minimum Gasteiger partial charge on any atom is -0.390 e. The third kappa shape index (κ3) is 13.3. The fourth-order valence-electron chi connectivity index (χ4n) is 17.3. The van der Waals surface area contributed by atoms with Gasteiger partial charge in [0.05, 0.1) is 44.8 Å². The SMILES string of the molecule is CC(C)(O)[C@H]1CC[C@@]2(C)CCC[C@@](C)(O)[C@@H]2C1.CC(C)(O)[C@H]1CC[C@@]2(C)CCC[C@@](C)(O)[C@@H]2C1.CC(C)(O)[C@H]1CC[C@@]2(C)CCC[C@@](C)(O)[C@@H]2C1.CC(C)(O)[C@H]1CC[C@@]2(C)CCC[C@@](C)(O)[C@@H]2C1. The van der Waals surface area contributed by atoms with Crippen LogP contribution in [-0.2, 0) is 0 Å². The van der Waals surface area contributed by atoms with Crippen molar-refractivity contribution in [2.24, 2.45) is 69.0 Å². The van der Waals surface area contributed by atoms with Crippen LogP contribution in [0.4, 0.5) is 0 Å². The van der Waals surface area contributed by atoms with Crippen LogP contribution in [0.15, 0.2) is 0 Å². The molecule has 0 aromatic carbocycles. The lowest BCUT2D eigenvalue weighted by atomic mass is 9.52. The van der Waals surface area contributed by atoms with Gasteiger partial charge >= 0.3 is 0 Å². The summed E-state index contributed by atoms with van der Waals surface area (Å²) in [6, 6.07) is 0. The van der Waals surface area contributed by atoms with E-state index in [0.29, 0.717) is 69.0 Å². The van der Waals surface area contributed by atoms with Gasteiger partial charge in [0.25, 0.3) is 0 Å². The summed E-state index contributed by atoms with van der Waals surface area (Å²) in [5.41, 5.74) is -3.35. The van der Waals surface area contributed by atoms with Crippen molar-refractivity contribution in [3.05, 3.63) is 0 Å². The molecule has 8 aliphatic carbocycles. The normalized spacial score (nSPS) is 47.6. The van der Waals surface area contributed by atoms with Gasteiger partial charge in [-0.15, -0.1) is 0 Å². The van der Waals surface area contributed by atoms with E-state index in [1.807, 2.05) is 83.1 Å². The minimum absolute atomic E-state index is 0.295. The highest BCUT2D eigenvalue weighted by atomic mass is 16.3. The fraction of sp³-hybridized carbons (Fsp3) is 1.00. The van der Waals surface area contributed by atoms with E-state index in [9.17, 15) is 40.9 Å². The first-order valence-electron chi connectivity index (χ1n) is 28.4. The maximum Gasteiger partial charge on any atom is 0.0653 e. The molecule has 0 aliphatic heterocycles. The average Bonchev–Trinajstić information content (AvgIpc) is 3.15. The van der Waals surface area contributed by atoms with Crippen molar-refractivity contribution in [1.82, 2.24) is 0 Å². The molecule has 8 aliphatic rings. The van der Waals surface area contributed by atoms with Crippen LogP contribution in [0.25, 0.3) is 0 Å². The third-order valence-corrected chi connectivity index (χ3v) is 22.4. The molecule has 0 amide bonds. The Morgan fingerprint density at radius 3 is 0.588 bits per heavy atom. The molecule has 0 bridgehead atoms. The summed E-state index contributed by atoms with van der Waals surface area (Å²) >= 11 is 0. The number of hydrogen-bond donors (Lipinski definition) is 8. The number of hydrogen-bond acceptors (Lipinski definition) is 8. The van der Waals surface area contributed by atoms with Crippen molar-refractivity contribution in [3.8, 4) is 0 Å². The van der Waals surface area contributed by atoms with Crippen LogP contribution in [0.5, 0.6) is 0 Å². The molecule has 8 rings (SSSR count). The second-order valence-corrected chi connectivity index (χ2v) is 30.2. The molecule has 0 spiro atoms. The van der Waals surface area contributed by atoms with Gasteiger partial charge in [0.1, 0.15) is 0 Å². The van der Waals surface area contributed by atoms with Crippen molar-refractivity contribution in [3.63, 3.8) is 0 Å². The maximum atomic E-state index is 10.6. The molecule has 8 fully saturated rings. The molecular weight excluding hydrogens is 849 g/mol. The van der Waals surface area contributed by atoms with Crippen molar-refractivity contribution < 1.29 is 40.9 Å². The van der Waals surface area contributed by atoms with E-state index in [0.717, 1.165) is 128 Å². The van der Waals surface area contributed by atoms with E-state index < -0.39 is 44.8 Å². The molecule has 0 heterocycles. The molecule has 16 atom stereocenters. The second-order valence-electron chi connectivity index (χ2n) is 30.2. The van der Waals surface area contributed by atoms with Crippen LogP contribution < -0.4 is 0 Å². The van der Waals surface area contributed by atoms with Crippen LogP contribution >= 0.6 is 0 Å². The second kappa shape index (κ2) is 20.1. The highest BCUT2D eigenvalue weighted by molar-refractivity contribution is 5.07. The zero-order valence-electron chi connectivity index (χ0n) is 47.2. The standard InChI is InChI=1S/4C15H28O2/c4*1-13(2,16)11-6-9-14(3)7-5-8-15(4,17)12(14)10-11/h4*11-12,16-17H,5-10H2,1-4H3/t4*11-,12+,14+,15+/m0000/s1. The Balaban J connectivity index is 0.000000169. The molecule has 400 valence electrons. The van der Waals surface area contributed by atoms with Crippen LogP contribution in [0.3, 0.4) is 0 Å². The summed E-state index contributed by atoms with van der Waals surface area (Å²) in [4.78, 5) is 0. The van der Waals surface area contributed by atoms with Crippen LogP contribution in [-0.4, -0.2) is 85.7 Å². The summed E-state index contributed by atoms with van der Waals surface area (Å²) < 4.78 is 0. The van der Waals surface area contributed by atoms with Gasteiger partial charge < -0.3 is 40.9 Å². The van der Waals surface area contributed by atoms with E-state index in [4.69, 9.17) is 0 Å². The summed E-state index contributed by atoms with van der Waals surface area (Å²) in [5.74, 6) is 2.77. The van der Waals surface area contributed by atoms with Gasteiger partial charge in [-0.25, -0.2) is 0 Å². The van der Waals surface area contributed by atoms with E-state index in [1.54, 1.807) is 0 Å². The topological polar surface area (TPSA) is 162 Å². The third-order valence-electron chi connectivity index (χ3n) is 22.4. The van der Waals surface area contributed by atoms with Crippen molar-refractivity contribution in [1.29, 1.82) is 0 Å². The summed E-state index contributed by atoms with van der Waals surface area (Å²) in [6.45, 7) is 32.7. The van der Waals surface area contributed by atoms with E-state index in [2.05, 4.69) is 27.7 Å². The lowest BCUT2D eigenvalue weighted by Crippen LogP contribution is -2.53. The predicted octanol–water partition coefficient (Wildman–Crippen LogP) is 12.5. The Morgan fingerprint density at radius 2 is 0.441 bits per heavy atom. The molecule has 8 N–H and O–H groups in total. The van der Waals surface area contributed by atoms with Gasteiger partial charge in [-0.2, -0.15) is 0 Å². The van der Waals surface area contributed by atoms with E-state index in [-0.39, 0.29) is 0 Å². The molecule has 8 heteroatoms. The summed E-state index contributed by atoms with van der Waals surface area (Å²) in [7, 11) is 0. The Kier molecular flexibility index (Phi) is 17.3. The zero-order valence-corrected chi connectivity index (χ0v) is 47.2. The summed E-state index contributed by atoms with van der Waals surface area (Å²) in [6.07, 6.45) is 26.2. The monoisotopic (exact) mass is 961 g/mol. The van der Waals surface area contributed by atoms with E-state index in [1.165, 1.54) is 25.7 Å². The largest absolute Gasteiger partial charge is 0.390 e. The fourth-order valence-corrected chi connectivity index (χ4v) is 17.3. The lowest BCUT2D eigenvalue weighted by molar-refractivity contribution is -0.143. The molecule has 0 saturated heterocycles. The van der Waals surface area contributed by atoms with Crippen LogP contribution in [0.2, 0.25) is 0 Å². The molecular formula is C60H112O8. The van der Waals surface area contributed by atoms with Gasteiger partial charge in [0, 0.05) is 0 Å². The zero-order chi connectivity index (χ0) is 51.6. The highest BCUT2D eigenvalue weighted by Crippen LogP contribution is 2.60. The van der Waals surface area contributed by atoms with Gasteiger partial charge in [0.15, 0.2) is 0 Å². The van der Waals surface area contributed by atoms with Gasteiger partial charge in [-0.3, -0.25) is 0 Å². The minimum atomic E-state index is -0.602. The van der Waals surface area contributed by atoms with Gasteiger partial charge in [0.2, 0.25) is 0 Å². The average molecular weight is 962 g/mol. The van der Waals surface area contributed by atoms with Gasteiger partial charge in [-0.05, 0) is 281 Å². The predicted molar refractivity (Wildman–Crippen MR) is 279 cm³/mol. The molecule has 0 aromatic rings. The molecule has 0 unspecified atom stereocenters. The molecule has 68 heavy (non-hydrogen) atoms. The van der Waals surface area contributed by atoms with Crippen LogP contribution in [0.1, 0.15) is 265 Å². The Morgan fingerprint density at radius 1 is 0.279 bits per heavy atom. The molecule has 0 aromatic heterocycles. The first-order chi connectivity index (χ1) is 30.6. The van der Waals surface area contributed by atoms with E-state index >= 15 is 0 Å². The first kappa shape index (κ1) is 58.6. The Hall–Kier alpha value is -0.320. The van der Waals surface area contributed by atoms with Crippen molar-refractivity contribution >= 4 is 0 Å². The van der Waals surface area contributed by atoms with Crippen molar-refractivity contribution in [2.75, 3.05) is 0 Å². The number of rotatable bonds is 4. The van der Waals surface area contributed by atoms with Crippen LogP contribution in [0, 0.1) is 69.0 Å². The summed E-state index contributed by atoms with van der Waals surface area (Å²) in [5, 5.41) is 83.4. The maximum absolute atomic E-state index is 10.6. The first-order valence-corrected chi connectivity index (χ1v) is 28.4.